The third-order valence-corrected chi connectivity index (χ3v) is 7.80. The maximum Gasteiger partial charge on any atom is 0.229 e. The lowest BCUT2D eigenvalue weighted by atomic mass is 9.87. The predicted octanol–water partition coefficient (Wildman–Crippen LogP) is 4.10. The lowest BCUT2D eigenvalue weighted by Gasteiger charge is -2.27. The second-order valence-electron chi connectivity index (χ2n) is 9.18. The summed E-state index contributed by atoms with van der Waals surface area (Å²) in [6.07, 6.45) is 4.42. The number of sulfonamides is 1. The van der Waals surface area contributed by atoms with E-state index in [-0.39, 0.29) is 11.2 Å². The highest BCUT2D eigenvalue weighted by Crippen LogP contribution is 2.65. The van der Waals surface area contributed by atoms with Gasteiger partial charge in [-0.15, -0.1) is 0 Å². The van der Waals surface area contributed by atoms with Gasteiger partial charge in [0.1, 0.15) is 0 Å². The third kappa shape index (κ3) is 4.55. The number of carbonyl (C=O) groups excluding carboxylic acids is 1. The largest absolute Gasteiger partial charge is 0.303 e. The Morgan fingerprint density at radius 2 is 1.81 bits per heavy atom. The number of anilines is 1. The van der Waals surface area contributed by atoms with Crippen molar-refractivity contribution in [3.63, 3.8) is 0 Å². The molecule has 1 aliphatic carbocycles. The summed E-state index contributed by atoms with van der Waals surface area (Å²) in [6.45, 7) is 7.18. The zero-order chi connectivity index (χ0) is 22.2. The second-order valence-corrected chi connectivity index (χ2v) is 10.9. The summed E-state index contributed by atoms with van der Waals surface area (Å²) in [4.78, 5) is 14.0. The van der Waals surface area contributed by atoms with Gasteiger partial charge in [-0.3, -0.25) is 9.52 Å². The lowest BCUT2D eigenvalue weighted by molar-refractivity contribution is 0.101. The number of ketones is 1. The van der Waals surface area contributed by atoms with Crippen molar-refractivity contribution in [2.45, 2.75) is 38.5 Å². The minimum atomic E-state index is -3.27. The molecule has 2 unspecified atom stereocenters. The van der Waals surface area contributed by atoms with Crippen LogP contribution in [0.1, 0.15) is 48.2 Å². The van der Waals surface area contributed by atoms with Gasteiger partial charge in [0.05, 0.1) is 6.26 Å². The van der Waals surface area contributed by atoms with E-state index in [1.54, 1.807) is 6.92 Å². The normalized spacial score (nSPS) is 25.3. The van der Waals surface area contributed by atoms with Gasteiger partial charge in [-0.05, 0) is 67.8 Å². The van der Waals surface area contributed by atoms with Crippen LogP contribution in [0.15, 0.2) is 48.5 Å². The molecule has 5 nitrogen and oxygen atoms in total. The zero-order valence-corrected chi connectivity index (χ0v) is 19.4. The first-order chi connectivity index (χ1) is 14.7. The minimum Gasteiger partial charge on any atom is -0.303 e. The van der Waals surface area contributed by atoms with E-state index in [1.807, 2.05) is 30.3 Å². The van der Waals surface area contributed by atoms with Gasteiger partial charge >= 0.3 is 0 Å². The highest BCUT2D eigenvalue weighted by Gasteiger charge is 2.67. The summed E-state index contributed by atoms with van der Waals surface area (Å²) >= 11 is 0. The van der Waals surface area contributed by atoms with Crippen molar-refractivity contribution in [2.24, 2.45) is 11.8 Å². The molecule has 4 rings (SSSR count). The van der Waals surface area contributed by atoms with Crippen molar-refractivity contribution < 1.29 is 13.2 Å². The van der Waals surface area contributed by atoms with Gasteiger partial charge in [0.25, 0.3) is 0 Å². The number of hydrogen-bond donors (Lipinski definition) is 1. The van der Waals surface area contributed by atoms with Crippen molar-refractivity contribution in [2.75, 3.05) is 30.6 Å². The summed E-state index contributed by atoms with van der Waals surface area (Å²) in [5.74, 6) is 1.42. The molecular weight excluding hydrogens is 408 g/mol. The van der Waals surface area contributed by atoms with Crippen LogP contribution < -0.4 is 4.72 Å². The summed E-state index contributed by atoms with van der Waals surface area (Å²) in [5.41, 5.74) is 4.17. The van der Waals surface area contributed by atoms with E-state index in [0.717, 1.165) is 44.5 Å². The molecule has 1 saturated heterocycles. The molecule has 1 aliphatic heterocycles. The van der Waals surface area contributed by atoms with E-state index < -0.39 is 10.0 Å². The first kappa shape index (κ1) is 22.0. The maximum atomic E-state index is 11.6. The number of benzene rings is 2. The van der Waals surface area contributed by atoms with Crippen LogP contribution in [0.3, 0.4) is 0 Å². The van der Waals surface area contributed by atoms with Gasteiger partial charge in [-0.1, -0.05) is 43.3 Å². The van der Waals surface area contributed by atoms with Crippen LogP contribution in [0.4, 0.5) is 5.69 Å². The smallest absolute Gasteiger partial charge is 0.229 e. The number of aryl methyl sites for hydroxylation is 1. The number of piperidine rings is 1. The number of Topliss-reactive ketones (excluding diaryl/α,β-unsaturated/α-hetero) is 1. The van der Waals surface area contributed by atoms with E-state index in [4.69, 9.17) is 0 Å². The fourth-order valence-corrected chi connectivity index (χ4v) is 6.21. The van der Waals surface area contributed by atoms with Crippen LogP contribution in [-0.4, -0.2) is 45.0 Å². The van der Waals surface area contributed by atoms with Crippen LogP contribution in [0, 0.1) is 11.8 Å². The summed E-state index contributed by atoms with van der Waals surface area (Å²) in [6, 6.07) is 15.9. The number of likely N-dealkylation sites (tertiary alicyclic amines) is 1. The molecule has 1 saturated carbocycles. The fourth-order valence-electron chi connectivity index (χ4n) is 5.65. The molecule has 2 aromatic carbocycles. The minimum absolute atomic E-state index is 0.111. The van der Waals surface area contributed by atoms with Gasteiger partial charge in [0, 0.05) is 29.8 Å². The van der Waals surface area contributed by atoms with Crippen molar-refractivity contribution in [1.29, 1.82) is 0 Å². The molecule has 0 bridgehead atoms. The quantitative estimate of drug-likeness (QED) is 0.596. The Balaban J connectivity index is 1.32. The van der Waals surface area contributed by atoms with Gasteiger partial charge in [-0.25, -0.2) is 8.42 Å². The number of nitrogens with one attached hydrogen (secondary N) is 1. The van der Waals surface area contributed by atoms with Crippen LogP contribution >= 0.6 is 0 Å². The van der Waals surface area contributed by atoms with E-state index >= 15 is 0 Å². The summed E-state index contributed by atoms with van der Waals surface area (Å²) < 4.78 is 25.8. The van der Waals surface area contributed by atoms with Crippen molar-refractivity contribution in [1.82, 2.24) is 4.90 Å². The van der Waals surface area contributed by atoms with E-state index in [1.165, 1.54) is 17.4 Å². The average molecular weight is 441 g/mol. The Labute approximate surface area is 185 Å². The number of nitrogens with zero attached hydrogens (tertiary/aromatic N) is 1. The van der Waals surface area contributed by atoms with Crippen LogP contribution in [-0.2, 0) is 21.9 Å². The van der Waals surface area contributed by atoms with Gasteiger partial charge in [0.15, 0.2) is 5.78 Å². The van der Waals surface area contributed by atoms with Crippen molar-refractivity contribution in [3.05, 3.63) is 65.2 Å². The first-order valence-electron chi connectivity index (χ1n) is 11.1. The predicted molar refractivity (Wildman–Crippen MR) is 125 cm³/mol. The first-order valence-corrected chi connectivity index (χ1v) is 13.0. The molecule has 0 radical (unpaired) electrons. The molecule has 2 atom stereocenters. The van der Waals surface area contributed by atoms with Crippen molar-refractivity contribution >= 4 is 21.5 Å². The topological polar surface area (TPSA) is 66.5 Å². The van der Waals surface area contributed by atoms with E-state index in [0.29, 0.717) is 17.5 Å². The molecule has 0 aromatic heterocycles. The Kier molecular flexibility index (Phi) is 5.97. The Morgan fingerprint density at radius 3 is 2.39 bits per heavy atom. The van der Waals surface area contributed by atoms with Crippen LogP contribution in [0.5, 0.6) is 0 Å². The molecular formula is C25H32N2O3S. The van der Waals surface area contributed by atoms with Gasteiger partial charge in [-0.2, -0.15) is 0 Å². The highest BCUT2D eigenvalue weighted by molar-refractivity contribution is 7.92. The Morgan fingerprint density at radius 1 is 1.13 bits per heavy atom. The van der Waals surface area contributed by atoms with Crippen molar-refractivity contribution in [3.8, 4) is 0 Å². The lowest BCUT2D eigenvalue weighted by Crippen LogP contribution is -2.31. The molecule has 31 heavy (non-hydrogen) atoms. The molecule has 1 N–H and O–H groups in total. The summed E-state index contributed by atoms with van der Waals surface area (Å²) in [5, 5.41) is 0. The molecule has 2 aliphatic rings. The molecule has 0 amide bonds. The number of hydrogen-bond acceptors (Lipinski definition) is 4. The van der Waals surface area contributed by atoms with Crippen LogP contribution in [0.2, 0.25) is 0 Å². The highest BCUT2D eigenvalue weighted by atomic mass is 32.2. The molecule has 2 aromatic rings. The number of rotatable bonds is 9. The average Bonchev–Trinajstić information content (AvgIpc) is 3.10. The van der Waals surface area contributed by atoms with Crippen LogP contribution in [0.25, 0.3) is 0 Å². The molecule has 6 heteroatoms. The Bertz CT molecular complexity index is 1050. The third-order valence-electron chi connectivity index (χ3n) is 7.20. The molecule has 166 valence electrons. The monoisotopic (exact) mass is 440 g/mol. The van der Waals surface area contributed by atoms with E-state index in [9.17, 15) is 13.2 Å². The van der Waals surface area contributed by atoms with E-state index in [2.05, 4.69) is 34.7 Å². The van der Waals surface area contributed by atoms with Gasteiger partial charge < -0.3 is 4.90 Å². The number of fused-ring (bicyclic) bond motifs is 1. The standard InChI is InChI=1S/C25H32N2O3S/c1-4-25(21-8-5-9-22(15-21)26-31(3,29)30)23-16-27(17-24(23)25)14-6-7-19-10-12-20(13-11-19)18(2)28/h5,8-13,15,23-24,26H,4,6-7,14,16-17H2,1-3H3. The Hall–Kier alpha value is -2.18. The molecule has 1 heterocycles. The maximum absolute atomic E-state index is 11.6. The summed E-state index contributed by atoms with van der Waals surface area (Å²) in [7, 11) is -3.27. The fraction of sp³-hybridized carbons (Fsp3) is 0.480. The zero-order valence-electron chi connectivity index (χ0n) is 18.6. The van der Waals surface area contributed by atoms with Gasteiger partial charge in [0.2, 0.25) is 10.0 Å². The molecule has 2 fully saturated rings. The second kappa shape index (κ2) is 8.40. The molecule has 0 spiro atoms. The number of carbonyl (C=O) groups is 1. The SMILES string of the molecule is CCC1(c2cccc(NS(C)(=O)=O)c2)C2CN(CCCc3ccc(C(C)=O)cc3)CC21.